The Morgan fingerprint density at radius 1 is 1.06 bits per heavy atom. The predicted octanol–water partition coefficient (Wildman–Crippen LogP) is 3.26. The minimum absolute atomic E-state index is 0.0566. The van der Waals surface area contributed by atoms with Crippen molar-refractivity contribution < 1.29 is 24.2 Å². The molecule has 35 heavy (non-hydrogen) atoms. The molecule has 1 aromatic carbocycles. The van der Waals surface area contributed by atoms with Crippen LogP contribution in [0.1, 0.15) is 63.7 Å². The SMILES string of the molecule is CC(C)CC(C(=O)N1CCC(COc2ccc(C(=O)O)cc2)CC1)N1CCN[C@@H](CC(C)C)C1=O. The van der Waals surface area contributed by atoms with Crippen molar-refractivity contribution in [2.45, 2.75) is 65.5 Å². The van der Waals surface area contributed by atoms with Crippen LogP contribution < -0.4 is 10.1 Å². The Labute approximate surface area is 209 Å². The summed E-state index contributed by atoms with van der Waals surface area (Å²) in [5.41, 5.74) is 0.235. The zero-order valence-corrected chi connectivity index (χ0v) is 21.5. The van der Waals surface area contributed by atoms with Gasteiger partial charge in [0.2, 0.25) is 11.8 Å². The molecule has 3 rings (SSSR count). The van der Waals surface area contributed by atoms with Gasteiger partial charge in [-0.3, -0.25) is 9.59 Å². The van der Waals surface area contributed by atoms with Gasteiger partial charge in [-0.1, -0.05) is 27.7 Å². The number of amides is 2. The molecule has 2 amide bonds. The van der Waals surface area contributed by atoms with E-state index in [1.165, 1.54) is 12.1 Å². The molecule has 2 fully saturated rings. The Bertz CT molecular complexity index is 862. The largest absolute Gasteiger partial charge is 0.493 e. The van der Waals surface area contributed by atoms with Crippen LogP contribution in [0.5, 0.6) is 5.75 Å². The zero-order valence-electron chi connectivity index (χ0n) is 21.5. The fourth-order valence-corrected chi connectivity index (χ4v) is 4.97. The van der Waals surface area contributed by atoms with Crippen LogP contribution in [0.25, 0.3) is 0 Å². The standard InChI is InChI=1S/C27H41N3O5/c1-18(2)15-23-25(31)30(14-11-28-23)24(16-19(3)4)26(32)29-12-9-20(10-13-29)17-35-22-7-5-21(6-8-22)27(33)34/h5-8,18-20,23-24,28H,9-17H2,1-4H3,(H,33,34)/t23-,24?/m0/s1. The molecule has 2 aliphatic heterocycles. The second-order valence-corrected chi connectivity index (χ2v) is 10.7. The summed E-state index contributed by atoms with van der Waals surface area (Å²) in [6.45, 7) is 11.6. The maximum atomic E-state index is 13.6. The predicted molar refractivity (Wildman–Crippen MR) is 134 cm³/mol. The maximum absolute atomic E-state index is 13.6. The van der Waals surface area contributed by atoms with Gasteiger partial charge in [0.1, 0.15) is 11.8 Å². The number of carboxylic acids is 1. The van der Waals surface area contributed by atoms with Gasteiger partial charge in [0.25, 0.3) is 0 Å². The first-order valence-electron chi connectivity index (χ1n) is 12.9. The number of rotatable bonds is 10. The molecule has 8 nitrogen and oxygen atoms in total. The Kier molecular flexibility index (Phi) is 9.55. The van der Waals surface area contributed by atoms with Gasteiger partial charge in [0, 0.05) is 26.2 Å². The van der Waals surface area contributed by atoms with Gasteiger partial charge in [-0.05, 0) is 67.7 Å². The molecule has 8 heteroatoms. The van der Waals surface area contributed by atoms with Gasteiger partial charge in [0.05, 0.1) is 18.2 Å². The molecule has 1 aromatic rings. The number of hydrogen-bond donors (Lipinski definition) is 2. The fraction of sp³-hybridized carbons (Fsp3) is 0.667. The molecule has 2 heterocycles. The molecule has 2 saturated heterocycles. The first-order valence-corrected chi connectivity index (χ1v) is 12.9. The minimum atomic E-state index is -0.956. The quantitative estimate of drug-likeness (QED) is 0.526. The average molecular weight is 488 g/mol. The number of likely N-dealkylation sites (tertiary alicyclic amines) is 1. The normalized spacial score (nSPS) is 20.4. The van der Waals surface area contributed by atoms with Gasteiger partial charge in [-0.25, -0.2) is 4.79 Å². The smallest absolute Gasteiger partial charge is 0.335 e. The summed E-state index contributed by atoms with van der Waals surface area (Å²) in [7, 11) is 0. The highest BCUT2D eigenvalue weighted by molar-refractivity contribution is 5.90. The Morgan fingerprint density at radius 2 is 1.71 bits per heavy atom. The van der Waals surface area contributed by atoms with Gasteiger partial charge in [-0.15, -0.1) is 0 Å². The summed E-state index contributed by atoms with van der Waals surface area (Å²) >= 11 is 0. The van der Waals surface area contributed by atoms with Crippen LogP contribution >= 0.6 is 0 Å². The lowest BCUT2D eigenvalue weighted by Gasteiger charge is -2.42. The lowest BCUT2D eigenvalue weighted by molar-refractivity contribution is -0.150. The van der Waals surface area contributed by atoms with Crippen molar-refractivity contribution in [1.29, 1.82) is 0 Å². The molecular formula is C27H41N3O5. The molecule has 194 valence electrons. The van der Waals surface area contributed by atoms with Crippen LogP contribution in [-0.2, 0) is 9.59 Å². The molecule has 2 atom stereocenters. The molecular weight excluding hydrogens is 446 g/mol. The Morgan fingerprint density at radius 3 is 2.29 bits per heavy atom. The fourth-order valence-electron chi connectivity index (χ4n) is 4.97. The number of piperidine rings is 1. The van der Waals surface area contributed by atoms with Crippen LogP contribution in [0.4, 0.5) is 0 Å². The monoisotopic (exact) mass is 487 g/mol. The van der Waals surface area contributed by atoms with Crippen LogP contribution in [0.3, 0.4) is 0 Å². The highest BCUT2D eigenvalue weighted by Gasteiger charge is 2.39. The first kappa shape index (κ1) is 27.0. The number of carbonyl (C=O) groups is 3. The van der Waals surface area contributed by atoms with E-state index in [9.17, 15) is 14.4 Å². The van der Waals surface area contributed by atoms with E-state index in [-0.39, 0.29) is 23.4 Å². The van der Waals surface area contributed by atoms with Gasteiger partial charge in [-0.2, -0.15) is 0 Å². The topological polar surface area (TPSA) is 99.2 Å². The van der Waals surface area contributed by atoms with Gasteiger partial charge < -0.3 is 25.0 Å². The van der Waals surface area contributed by atoms with Crippen LogP contribution in [0.2, 0.25) is 0 Å². The maximum Gasteiger partial charge on any atom is 0.335 e. The molecule has 2 N–H and O–H groups in total. The third kappa shape index (κ3) is 7.43. The van der Waals surface area contributed by atoms with E-state index in [0.29, 0.717) is 56.2 Å². The number of carboxylic acid groups (broad SMARTS) is 1. The number of hydrogen-bond acceptors (Lipinski definition) is 5. The number of nitrogens with one attached hydrogen (secondary N) is 1. The minimum Gasteiger partial charge on any atom is -0.493 e. The molecule has 0 spiro atoms. The zero-order chi connectivity index (χ0) is 25.5. The van der Waals surface area contributed by atoms with Crippen molar-refractivity contribution in [1.82, 2.24) is 15.1 Å². The molecule has 0 saturated carbocycles. The third-order valence-electron chi connectivity index (χ3n) is 6.90. The number of nitrogens with zero attached hydrogens (tertiary/aromatic N) is 2. The number of aromatic carboxylic acids is 1. The summed E-state index contributed by atoms with van der Waals surface area (Å²) in [6, 6.07) is 5.82. The second kappa shape index (κ2) is 12.4. The van der Waals surface area contributed by atoms with E-state index in [2.05, 4.69) is 33.0 Å². The second-order valence-electron chi connectivity index (χ2n) is 10.7. The number of carbonyl (C=O) groups excluding carboxylic acids is 2. The molecule has 0 aromatic heterocycles. The van der Waals surface area contributed by atoms with E-state index in [1.807, 2.05) is 9.80 Å². The summed E-state index contributed by atoms with van der Waals surface area (Å²) in [6.07, 6.45) is 3.15. The first-order chi connectivity index (χ1) is 16.7. The summed E-state index contributed by atoms with van der Waals surface area (Å²) in [5.74, 6) is 0.877. The van der Waals surface area contributed by atoms with Crippen LogP contribution in [0, 0.1) is 17.8 Å². The highest BCUT2D eigenvalue weighted by Crippen LogP contribution is 2.24. The van der Waals surface area contributed by atoms with Crippen molar-refractivity contribution in [3.8, 4) is 5.75 Å². The Hall–Kier alpha value is -2.61. The van der Waals surface area contributed by atoms with E-state index in [0.717, 1.165) is 25.8 Å². The van der Waals surface area contributed by atoms with Crippen molar-refractivity contribution >= 4 is 17.8 Å². The summed E-state index contributed by atoms with van der Waals surface area (Å²) in [4.78, 5) is 41.6. The molecule has 2 aliphatic rings. The van der Waals surface area contributed by atoms with Gasteiger partial charge in [0.15, 0.2) is 0 Å². The molecule has 0 radical (unpaired) electrons. The van der Waals surface area contributed by atoms with Crippen molar-refractivity contribution in [3.63, 3.8) is 0 Å². The number of benzene rings is 1. The molecule has 0 bridgehead atoms. The number of ether oxygens (including phenoxy) is 1. The Balaban J connectivity index is 1.56. The summed E-state index contributed by atoms with van der Waals surface area (Å²) in [5, 5.41) is 12.4. The van der Waals surface area contributed by atoms with Crippen molar-refractivity contribution in [3.05, 3.63) is 29.8 Å². The number of piperazine rings is 1. The lowest BCUT2D eigenvalue weighted by atomic mass is 9.94. The van der Waals surface area contributed by atoms with Crippen molar-refractivity contribution in [2.75, 3.05) is 32.8 Å². The van der Waals surface area contributed by atoms with Crippen molar-refractivity contribution in [2.24, 2.45) is 17.8 Å². The van der Waals surface area contributed by atoms with E-state index < -0.39 is 12.0 Å². The van der Waals surface area contributed by atoms with Crippen LogP contribution in [-0.4, -0.2) is 77.6 Å². The average Bonchev–Trinajstić information content (AvgIpc) is 2.82. The third-order valence-corrected chi connectivity index (χ3v) is 6.90. The van der Waals surface area contributed by atoms with Crippen LogP contribution in [0.15, 0.2) is 24.3 Å². The van der Waals surface area contributed by atoms with E-state index in [1.54, 1.807) is 12.1 Å². The highest BCUT2D eigenvalue weighted by atomic mass is 16.5. The lowest BCUT2D eigenvalue weighted by Crippen LogP contribution is -2.62. The molecule has 1 unspecified atom stereocenters. The summed E-state index contributed by atoms with van der Waals surface area (Å²) < 4.78 is 5.87. The molecule has 0 aliphatic carbocycles. The van der Waals surface area contributed by atoms with Gasteiger partial charge >= 0.3 is 5.97 Å². The van der Waals surface area contributed by atoms with E-state index >= 15 is 0 Å². The van der Waals surface area contributed by atoms with E-state index in [4.69, 9.17) is 9.84 Å².